The SMILES string of the molecule is CC(C)=CCC/C(C)=C/CC/C(C)=C/CNC(=O)CCP(=O)(O)O. The largest absolute Gasteiger partial charge is 0.353 e. The van der Waals surface area contributed by atoms with Crippen LogP contribution >= 0.6 is 7.60 Å². The highest BCUT2D eigenvalue weighted by Crippen LogP contribution is 2.34. The van der Waals surface area contributed by atoms with Crippen LogP contribution in [0.1, 0.15) is 59.8 Å². The zero-order chi connectivity index (χ0) is 18.6. The molecule has 0 unspecified atom stereocenters. The van der Waals surface area contributed by atoms with Crippen molar-refractivity contribution in [3.8, 4) is 0 Å². The van der Waals surface area contributed by atoms with Gasteiger partial charge < -0.3 is 15.1 Å². The monoisotopic (exact) mass is 357 g/mol. The lowest BCUT2D eigenvalue weighted by Crippen LogP contribution is -2.24. The number of carbonyl (C=O) groups is 1. The minimum absolute atomic E-state index is 0.148. The van der Waals surface area contributed by atoms with Crippen molar-refractivity contribution in [2.75, 3.05) is 12.7 Å². The molecule has 5 nitrogen and oxygen atoms in total. The van der Waals surface area contributed by atoms with E-state index in [-0.39, 0.29) is 12.3 Å². The van der Waals surface area contributed by atoms with Gasteiger partial charge in [-0.15, -0.1) is 0 Å². The average molecular weight is 357 g/mol. The molecule has 0 saturated heterocycles. The molecule has 0 aliphatic carbocycles. The quantitative estimate of drug-likeness (QED) is 0.384. The second-order valence-corrected chi connectivity index (χ2v) is 8.18. The fraction of sp³-hybridized carbons (Fsp3) is 0.611. The number of hydrogen-bond acceptors (Lipinski definition) is 2. The summed E-state index contributed by atoms with van der Waals surface area (Å²) in [7, 11) is -4.10. The van der Waals surface area contributed by atoms with Crippen molar-refractivity contribution in [3.05, 3.63) is 34.9 Å². The summed E-state index contributed by atoms with van der Waals surface area (Å²) in [5.74, 6) is -0.336. The van der Waals surface area contributed by atoms with Gasteiger partial charge in [-0.25, -0.2) is 0 Å². The van der Waals surface area contributed by atoms with Gasteiger partial charge in [0.15, 0.2) is 0 Å². The van der Waals surface area contributed by atoms with Crippen LogP contribution in [-0.4, -0.2) is 28.4 Å². The second kappa shape index (κ2) is 12.2. The number of amides is 1. The van der Waals surface area contributed by atoms with Gasteiger partial charge in [0.1, 0.15) is 0 Å². The van der Waals surface area contributed by atoms with Crippen LogP contribution in [0.2, 0.25) is 0 Å². The molecule has 24 heavy (non-hydrogen) atoms. The van der Waals surface area contributed by atoms with Crippen molar-refractivity contribution in [1.29, 1.82) is 0 Å². The van der Waals surface area contributed by atoms with E-state index in [4.69, 9.17) is 9.79 Å². The van der Waals surface area contributed by atoms with Crippen LogP contribution in [0.25, 0.3) is 0 Å². The van der Waals surface area contributed by atoms with Crippen molar-refractivity contribution < 1.29 is 19.1 Å². The number of hydrogen-bond donors (Lipinski definition) is 3. The topological polar surface area (TPSA) is 86.6 Å². The number of allylic oxidation sites excluding steroid dienone is 5. The molecule has 0 heterocycles. The molecule has 0 spiro atoms. The molecular formula is C18H32NO4P. The van der Waals surface area contributed by atoms with Gasteiger partial charge in [0.2, 0.25) is 5.91 Å². The molecule has 1 amide bonds. The average Bonchev–Trinajstić information content (AvgIpc) is 2.44. The van der Waals surface area contributed by atoms with E-state index in [2.05, 4.69) is 38.2 Å². The van der Waals surface area contributed by atoms with E-state index < -0.39 is 13.8 Å². The summed E-state index contributed by atoms with van der Waals surface area (Å²) in [6, 6.07) is 0. The standard InChI is InChI=1S/C18H32NO4P/c1-15(2)7-5-8-16(3)9-6-10-17(4)11-13-19-18(20)12-14-24(21,22)23/h7,9,11H,5-6,8,10,12-14H2,1-4H3,(H,19,20)(H2,21,22,23)/b16-9+,17-11+. The molecule has 0 aliphatic rings. The predicted molar refractivity (Wildman–Crippen MR) is 100.0 cm³/mol. The smallest absolute Gasteiger partial charge is 0.326 e. The summed E-state index contributed by atoms with van der Waals surface area (Å²) in [4.78, 5) is 28.9. The van der Waals surface area contributed by atoms with Crippen LogP contribution in [0.15, 0.2) is 34.9 Å². The predicted octanol–water partition coefficient (Wildman–Crippen LogP) is 4.09. The van der Waals surface area contributed by atoms with E-state index >= 15 is 0 Å². The lowest BCUT2D eigenvalue weighted by Gasteiger charge is -2.05. The van der Waals surface area contributed by atoms with E-state index in [1.54, 1.807) is 0 Å². The first-order valence-corrected chi connectivity index (χ1v) is 10.2. The van der Waals surface area contributed by atoms with E-state index in [0.717, 1.165) is 25.7 Å². The number of rotatable bonds is 11. The highest BCUT2D eigenvalue weighted by molar-refractivity contribution is 7.51. The van der Waals surface area contributed by atoms with Crippen LogP contribution in [0, 0.1) is 0 Å². The van der Waals surface area contributed by atoms with Crippen LogP contribution in [-0.2, 0) is 9.36 Å². The lowest BCUT2D eigenvalue weighted by atomic mass is 10.1. The summed E-state index contributed by atoms with van der Waals surface area (Å²) >= 11 is 0. The molecule has 0 radical (unpaired) electrons. The third kappa shape index (κ3) is 15.7. The molecule has 0 fully saturated rings. The van der Waals surface area contributed by atoms with Gasteiger partial charge in [-0.05, 0) is 53.4 Å². The van der Waals surface area contributed by atoms with Crippen molar-refractivity contribution in [1.82, 2.24) is 5.32 Å². The van der Waals surface area contributed by atoms with E-state index in [1.807, 2.05) is 13.0 Å². The first-order valence-electron chi connectivity index (χ1n) is 8.36. The van der Waals surface area contributed by atoms with Crippen molar-refractivity contribution in [3.63, 3.8) is 0 Å². The Hall–Kier alpha value is -1.16. The van der Waals surface area contributed by atoms with Crippen LogP contribution in [0.3, 0.4) is 0 Å². The van der Waals surface area contributed by atoms with Gasteiger partial charge in [0, 0.05) is 13.0 Å². The summed E-state index contributed by atoms with van der Waals surface area (Å²) in [6.07, 6.45) is 9.99. The fourth-order valence-electron chi connectivity index (χ4n) is 2.01. The van der Waals surface area contributed by atoms with Crippen molar-refractivity contribution in [2.24, 2.45) is 0 Å². The minimum atomic E-state index is -4.10. The summed E-state index contributed by atoms with van der Waals surface area (Å²) in [6.45, 7) is 8.79. The van der Waals surface area contributed by atoms with E-state index in [1.165, 1.54) is 16.7 Å². The number of carbonyl (C=O) groups excluding carboxylic acids is 1. The first-order chi connectivity index (χ1) is 11.1. The molecule has 0 aliphatic heterocycles. The molecule has 6 heteroatoms. The second-order valence-electron chi connectivity index (χ2n) is 6.40. The van der Waals surface area contributed by atoms with Crippen LogP contribution < -0.4 is 5.32 Å². The van der Waals surface area contributed by atoms with E-state index in [9.17, 15) is 9.36 Å². The van der Waals surface area contributed by atoms with Gasteiger partial charge in [0.05, 0.1) is 6.16 Å². The van der Waals surface area contributed by atoms with Gasteiger partial charge >= 0.3 is 7.60 Å². The summed E-state index contributed by atoms with van der Waals surface area (Å²) in [5.41, 5.74) is 3.94. The third-order valence-electron chi connectivity index (χ3n) is 3.50. The Morgan fingerprint density at radius 3 is 2.00 bits per heavy atom. The minimum Gasteiger partial charge on any atom is -0.353 e. The first kappa shape index (κ1) is 22.8. The Labute approximate surface area is 146 Å². The Morgan fingerprint density at radius 1 is 0.917 bits per heavy atom. The highest BCUT2D eigenvalue weighted by Gasteiger charge is 2.14. The molecule has 0 aromatic rings. The maximum absolute atomic E-state index is 11.4. The highest BCUT2D eigenvalue weighted by atomic mass is 31.2. The third-order valence-corrected chi connectivity index (χ3v) is 4.31. The Kier molecular flexibility index (Phi) is 11.6. The van der Waals surface area contributed by atoms with E-state index in [0.29, 0.717) is 6.54 Å². The fourth-order valence-corrected chi connectivity index (χ4v) is 2.51. The molecule has 3 N–H and O–H groups in total. The molecular weight excluding hydrogens is 325 g/mol. The molecule has 0 atom stereocenters. The summed E-state index contributed by atoms with van der Waals surface area (Å²) in [5, 5.41) is 2.64. The maximum Gasteiger partial charge on any atom is 0.326 e. The zero-order valence-electron chi connectivity index (χ0n) is 15.3. The normalized spacial score (nSPS) is 12.9. The molecule has 0 saturated carbocycles. The Bertz CT molecular complexity index is 525. The Balaban J connectivity index is 3.96. The van der Waals surface area contributed by atoms with Gasteiger partial charge in [-0.2, -0.15) is 0 Å². The van der Waals surface area contributed by atoms with Crippen molar-refractivity contribution in [2.45, 2.75) is 59.8 Å². The molecule has 0 aromatic heterocycles. The van der Waals surface area contributed by atoms with Gasteiger partial charge in [-0.3, -0.25) is 9.36 Å². The molecule has 0 aromatic carbocycles. The van der Waals surface area contributed by atoms with Crippen molar-refractivity contribution >= 4 is 13.5 Å². The van der Waals surface area contributed by atoms with Gasteiger partial charge in [-0.1, -0.05) is 34.9 Å². The van der Waals surface area contributed by atoms with Crippen LogP contribution in [0.4, 0.5) is 0 Å². The van der Waals surface area contributed by atoms with Crippen LogP contribution in [0.5, 0.6) is 0 Å². The molecule has 138 valence electrons. The maximum atomic E-state index is 11.4. The molecule has 0 bridgehead atoms. The van der Waals surface area contributed by atoms with Gasteiger partial charge in [0.25, 0.3) is 0 Å². The lowest BCUT2D eigenvalue weighted by molar-refractivity contribution is -0.120. The number of nitrogens with one attached hydrogen (secondary N) is 1. The molecule has 0 rings (SSSR count). The Morgan fingerprint density at radius 2 is 1.46 bits per heavy atom. The zero-order valence-corrected chi connectivity index (χ0v) is 16.2. The summed E-state index contributed by atoms with van der Waals surface area (Å²) < 4.78 is 10.7.